The largest absolute Gasteiger partial charge is 0.350 e. The molecule has 1 heterocycles. The standard InChI is InChI=1S/C18H20FN3O2S/c19-14-4-2-1-3-13(14)7-8-20-18(24)15-11-25-17(22-15)10-21-16(23)9-12-5-6-12/h1-4,11-12H,5-10H2,(H,20,24)(H,21,23). The molecule has 2 N–H and O–H groups in total. The fourth-order valence-corrected chi connectivity index (χ4v) is 3.14. The van der Waals surface area contributed by atoms with Crippen molar-refractivity contribution in [1.29, 1.82) is 0 Å². The Balaban J connectivity index is 1.42. The zero-order chi connectivity index (χ0) is 17.6. The van der Waals surface area contributed by atoms with E-state index in [-0.39, 0.29) is 17.6 Å². The van der Waals surface area contributed by atoms with Gasteiger partial charge in [-0.15, -0.1) is 11.3 Å². The Labute approximate surface area is 149 Å². The highest BCUT2D eigenvalue weighted by molar-refractivity contribution is 7.09. The molecule has 1 aliphatic carbocycles. The molecule has 132 valence electrons. The predicted molar refractivity (Wildman–Crippen MR) is 93.7 cm³/mol. The predicted octanol–water partition coefficient (Wildman–Crippen LogP) is 2.67. The number of benzene rings is 1. The summed E-state index contributed by atoms with van der Waals surface area (Å²) in [6.07, 6.45) is 3.28. The van der Waals surface area contributed by atoms with Gasteiger partial charge in [0.05, 0.1) is 6.54 Å². The molecule has 1 aliphatic rings. The van der Waals surface area contributed by atoms with E-state index < -0.39 is 0 Å². The summed E-state index contributed by atoms with van der Waals surface area (Å²) in [6.45, 7) is 0.684. The smallest absolute Gasteiger partial charge is 0.270 e. The normalized spacial score (nSPS) is 13.5. The minimum Gasteiger partial charge on any atom is -0.350 e. The summed E-state index contributed by atoms with van der Waals surface area (Å²) in [6, 6.07) is 6.51. The Morgan fingerprint density at radius 2 is 2.04 bits per heavy atom. The highest BCUT2D eigenvalue weighted by Crippen LogP contribution is 2.32. The molecule has 3 rings (SSSR count). The molecule has 1 saturated carbocycles. The van der Waals surface area contributed by atoms with Gasteiger partial charge in [-0.2, -0.15) is 0 Å². The highest BCUT2D eigenvalue weighted by Gasteiger charge is 2.24. The van der Waals surface area contributed by atoms with Crippen LogP contribution in [0.15, 0.2) is 29.6 Å². The highest BCUT2D eigenvalue weighted by atomic mass is 32.1. The molecule has 7 heteroatoms. The Kier molecular flexibility index (Phi) is 5.75. The number of nitrogens with one attached hydrogen (secondary N) is 2. The number of nitrogens with zero attached hydrogens (tertiary/aromatic N) is 1. The molecule has 0 atom stereocenters. The second-order valence-corrected chi connectivity index (χ2v) is 7.09. The lowest BCUT2D eigenvalue weighted by molar-refractivity contribution is -0.121. The third kappa shape index (κ3) is 5.35. The molecule has 0 unspecified atom stereocenters. The summed E-state index contributed by atoms with van der Waals surface area (Å²) < 4.78 is 13.5. The van der Waals surface area contributed by atoms with Crippen molar-refractivity contribution >= 4 is 23.2 Å². The molecule has 2 amide bonds. The molecule has 1 aromatic carbocycles. The van der Waals surface area contributed by atoms with Crippen molar-refractivity contribution in [1.82, 2.24) is 15.6 Å². The summed E-state index contributed by atoms with van der Waals surface area (Å²) >= 11 is 1.34. The summed E-state index contributed by atoms with van der Waals surface area (Å²) in [7, 11) is 0. The van der Waals surface area contributed by atoms with Crippen LogP contribution in [-0.4, -0.2) is 23.3 Å². The summed E-state index contributed by atoms with van der Waals surface area (Å²) in [5.41, 5.74) is 0.894. The van der Waals surface area contributed by atoms with Crippen molar-refractivity contribution in [2.75, 3.05) is 6.54 Å². The first-order chi connectivity index (χ1) is 12.1. The van der Waals surface area contributed by atoms with Crippen molar-refractivity contribution in [3.63, 3.8) is 0 Å². The van der Waals surface area contributed by atoms with Crippen LogP contribution >= 0.6 is 11.3 Å². The van der Waals surface area contributed by atoms with E-state index in [0.717, 1.165) is 12.8 Å². The number of hydrogen-bond acceptors (Lipinski definition) is 4. The number of thiazole rings is 1. The van der Waals surface area contributed by atoms with Crippen LogP contribution < -0.4 is 10.6 Å². The molecule has 0 spiro atoms. The van der Waals surface area contributed by atoms with E-state index in [1.807, 2.05) is 0 Å². The number of aromatic nitrogens is 1. The van der Waals surface area contributed by atoms with Gasteiger partial charge in [-0.1, -0.05) is 18.2 Å². The van der Waals surface area contributed by atoms with Gasteiger partial charge >= 0.3 is 0 Å². The SMILES string of the molecule is O=C(CC1CC1)NCc1nc(C(=O)NCCc2ccccc2F)cs1. The third-order valence-electron chi connectivity index (χ3n) is 4.03. The molecule has 0 bridgehead atoms. The number of carbonyl (C=O) groups excluding carboxylic acids is 2. The van der Waals surface area contributed by atoms with E-state index in [1.165, 1.54) is 17.4 Å². The molecule has 25 heavy (non-hydrogen) atoms. The van der Waals surface area contributed by atoms with Crippen LogP contribution in [0, 0.1) is 11.7 Å². The average Bonchev–Trinajstić information content (AvgIpc) is 3.28. The van der Waals surface area contributed by atoms with Crippen molar-refractivity contribution in [3.8, 4) is 0 Å². The Morgan fingerprint density at radius 3 is 2.80 bits per heavy atom. The monoisotopic (exact) mass is 361 g/mol. The first kappa shape index (κ1) is 17.5. The topological polar surface area (TPSA) is 71.1 Å². The second kappa shape index (κ2) is 8.20. The number of halogens is 1. The Hall–Kier alpha value is -2.28. The lowest BCUT2D eigenvalue weighted by atomic mass is 10.1. The van der Waals surface area contributed by atoms with Gasteiger partial charge in [-0.3, -0.25) is 9.59 Å². The van der Waals surface area contributed by atoms with E-state index in [1.54, 1.807) is 23.6 Å². The van der Waals surface area contributed by atoms with Gasteiger partial charge in [-0.05, 0) is 36.8 Å². The maximum Gasteiger partial charge on any atom is 0.270 e. The Morgan fingerprint density at radius 1 is 1.24 bits per heavy atom. The van der Waals surface area contributed by atoms with Gasteiger partial charge in [-0.25, -0.2) is 9.37 Å². The van der Waals surface area contributed by atoms with E-state index in [4.69, 9.17) is 0 Å². The molecule has 5 nitrogen and oxygen atoms in total. The van der Waals surface area contributed by atoms with Crippen LogP contribution in [0.5, 0.6) is 0 Å². The quantitative estimate of drug-likeness (QED) is 0.759. The van der Waals surface area contributed by atoms with Gasteiger partial charge in [0.2, 0.25) is 5.91 Å². The van der Waals surface area contributed by atoms with E-state index >= 15 is 0 Å². The lowest BCUT2D eigenvalue weighted by Gasteiger charge is -2.04. The molecular formula is C18H20FN3O2S. The molecule has 0 aliphatic heterocycles. The zero-order valence-corrected chi connectivity index (χ0v) is 14.6. The molecule has 1 aromatic heterocycles. The van der Waals surface area contributed by atoms with Crippen LogP contribution in [0.1, 0.15) is 40.3 Å². The van der Waals surface area contributed by atoms with Crippen LogP contribution in [0.2, 0.25) is 0 Å². The van der Waals surface area contributed by atoms with Crippen molar-refractivity contribution in [3.05, 3.63) is 51.7 Å². The summed E-state index contributed by atoms with van der Waals surface area (Å²) in [5, 5.41) is 7.93. The van der Waals surface area contributed by atoms with Crippen LogP contribution in [0.4, 0.5) is 4.39 Å². The molecular weight excluding hydrogens is 341 g/mol. The zero-order valence-electron chi connectivity index (χ0n) is 13.8. The molecule has 0 radical (unpaired) electrons. The van der Waals surface area contributed by atoms with Crippen LogP contribution in [0.25, 0.3) is 0 Å². The fourth-order valence-electron chi connectivity index (χ4n) is 2.43. The number of rotatable bonds is 8. The van der Waals surface area contributed by atoms with Crippen LogP contribution in [-0.2, 0) is 17.8 Å². The summed E-state index contributed by atoms with van der Waals surface area (Å²) in [5.74, 6) is 0.0263. The van der Waals surface area contributed by atoms with E-state index in [0.29, 0.717) is 48.1 Å². The van der Waals surface area contributed by atoms with Crippen LogP contribution in [0.3, 0.4) is 0 Å². The maximum atomic E-state index is 13.5. The Bertz CT molecular complexity index is 758. The summed E-state index contributed by atoms with van der Waals surface area (Å²) in [4.78, 5) is 28.0. The molecule has 2 aromatic rings. The van der Waals surface area contributed by atoms with E-state index in [9.17, 15) is 14.0 Å². The van der Waals surface area contributed by atoms with Crippen molar-refractivity contribution in [2.24, 2.45) is 5.92 Å². The van der Waals surface area contributed by atoms with Gasteiger partial charge in [0.1, 0.15) is 16.5 Å². The first-order valence-corrected chi connectivity index (χ1v) is 9.22. The maximum absolute atomic E-state index is 13.5. The van der Waals surface area contributed by atoms with E-state index in [2.05, 4.69) is 15.6 Å². The minimum absolute atomic E-state index is 0.0357. The van der Waals surface area contributed by atoms with Crippen molar-refractivity contribution < 1.29 is 14.0 Å². The fraction of sp³-hybridized carbons (Fsp3) is 0.389. The third-order valence-corrected chi connectivity index (χ3v) is 4.88. The molecule has 1 fully saturated rings. The number of carbonyl (C=O) groups is 2. The average molecular weight is 361 g/mol. The lowest BCUT2D eigenvalue weighted by Crippen LogP contribution is -2.26. The van der Waals surface area contributed by atoms with Gasteiger partial charge in [0.15, 0.2) is 0 Å². The first-order valence-electron chi connectivity index (χ1n) is 8.34. The van der Waals surface area contributed by atoms with Gasteiger partial charge in [0.25, 0.3) is 5.91 Å². The van der Waals surface area contributed by atoms with Gasteiger partial charge in [0, 0.05) is 18.3 Å². The van der Waals surface area contributed by atoms with Crippen molar-refractivity contribution in [2.45, 2.75) is 32.2 Å². The minimum atomic E-state index is -0.289. The molecule has 0 saturated heterocycles. The number of amides is 2. The second-order valence-electron chi connectivity index (χ2n) is 6.15. The van der Waals surface area contributed by atoms with Gasteiger partial charge < -0.3 is 10.6 Å². The number of hydrogen-bond donors (Lipinski definition) is 2.